The molecule has 2 N–H and O–H groups in total. The van der Waals surface area contributed by atoms with Crippen molar-refractivity contribution in [3.63, 3.8) is 0 Å². The Bertz CT molecular complexity index is 369. The summed E-state index contributed by atoms with van der Waals surface area (Å²) in [5.41, 5.74) is 8.29. The van der Waals surface area contributed by atoms with Gasteiger partial charge in [0.05, 0.1) is 5.69 Å². The zero-order valence-corrected chi connectivity index (χ0v) is 8.95. The summed E-state index contributed by atoms with van der Waals surface area (Å²) in [6, 6.07) is 0. The van der Waals surface area contributed by atoms with E-state index in [1.54, 1.807) is 0 Å². The van der Waals surface area contributed by atoms with E-state index in [1.807, 2.05) is 6.20 Å². The van der Waals surface area contributed by atoms with E-state index in [-0.39, 0.29) is 0 Å². The lowest BCUT2D eigenvalue weighted by Gasteiger charge is -2.09. The highest BCUT2D eigenvalue weighted by Gasteiger charge is 2.30. The molecule has 0 amide bonds. The average Bonchev–Trinajstić information content (AvgIpc) is 3.03. The third-order valence-corrected chi connectivity index (χ3v) is 3.52. The Morgan fingerprint density at radius 2 is 2.20 bits per heavy atom. The van der Waals surface area contributed by atoms with Crippen LogP contribution in [0.1, 0.15) is 54.6 Å². The zero-order chi connectivity index (χ0) is 10.3. The minimum absolute atomic E-state index is 0.602. The summed E-state index contributed by atoms with van der Waals surface area (Å²) < 4.78 is 0. The van der Waals surface area contributed by atoms with Crippen LogP contribution < -0.4 is 5.73 Å². The van der Waals surface area contributed by atoms with Crippen molar-refractivity contribution < 1.29 is 0 Å². The number of hydrogen-bond acceptors (Lipinski definition) is 3. The molecule has 80 valence electrons. The first-order valence-electron chi connectivity index (χ1n) is 5.94. The molecule has 0 saturated heterocycles. The van der Waals surface area contributed by atoms with Crippen LogP contribution in [0.15, 0.2) is 6.20 Å². The molecule has 3 rings (SSSR count). The maximum Gasteiger partial charge on any atom is 0.131 e. The Balaban J connectivity index is 1.91. The van der Waals surface area contributed by atoms with Gasteiger partial charge in [-0.2, -0.15) is 0 Å². The minimum Gasteiger partial charge on any atom is -0.330 e. The maximum atomic E-state index is 5.63. The lowest BCUT2D eigenvalue weighted by molar-refractivity contribution is 0.612. The molecule has 1 heterocycles. The highest BCUT2D eigenvalue weighted by Crippen LogP contribution is 2.40. The first kappa shape index (κ1) is 9.28. The Morgan fingerprint density at radius 3 is 2.93 bits per heavy atom. The maximum absolute atomic E-state index is 5.63. The molecule has 3 nitrogen and oxygen atoms in total. The van der Waals surface area contributed by atoms with Crippen molar-refractivity contribution in [2.45, 2.75) is 43.9 Å². The molecule has 1 aromatic heterocycles. The van der Waals surface area contributed by atoms with Crippen molar-refractivity contribution >= 4 is 0 Å². The van der Waals surface area contributed by atoms with Gasteiger partial charge in [0.2, 0.25) is 0 Å². The van der Waals surface area contributed by atoms with Crippen LogP contribution in [0.5, 0.6) is 0 Å². The number of hydrogen-bond donors (Lipinski definition) is 1. The summed E-state index contributed by atoms with van der Waals surface area (Å²) in [4.78, 5) is 9.21. The predicted octanol–water partition coefficient (Wildman–Crippen LogP) is 1.73. The van der Waals surface area contributed by atoms with E-state index in [0.717, 1.165) is 25.2 Å². The molecule has 0 aromatic carbocycles. The number of rotatable bonds is 3. The second-order valence-electron chi connectivity index (χ2n) is 4.73. The van der Waals surface area contributed by atoms with Crippen molar-refractivity contribution in [3.05, 3.63) is 23.3 Å². The molecular weight excluding hydrogens is 186 g/mol. The molecule has 2 aliphatic carbocycles. The topological polar surface area (TPSA) is 51.8 Å². The molecule has 1 unspecified atom stereocenters. The highest BCUT2D eigenvalue weighted by molar-refractivity contribution is 5.28. The van der Waals surface area contributed by atoms with Gasteiger partial charge >= 0.3 is 0 Å². The van der Waals surface area contributed by atoms with E-state index < -0.39 is 0 Å². The molecule has 1 atom stereocenters. The molecule has 2 aliphatic rings. The number of fused-ring (bicyclic) bond motifs is 1. The minimum atomic E-state index is 0.602. The van der Waals surface area contributed by atoms with Crippen LogP contribution in [0.4, 0.5) is 0 Å². The van der Waals surface area contributed by atoms with Crippen LogP contribution >= 0.6 is 0 Å². The summed E-state index contributed by atoms with van der Waals surface area (Å²) in [6.07, 6.45) is 8.04. The van der Waals surface area contributed by atoms with E-state index >= 15 is 0 Å². The third-order valence-electron chi connectivity index (χ3n) is 3.52. The Morgan fingerprint density at radius 1 is 1.33 bits per heavy atom. The van der Waals surface area contributed by atoms with Crippen LogP contribution in [0, 0.1) is 0 Å². The SMILES string of the molecule is NCCC1CCc2cnc(C3CC3)nc21. The molecule has 0 spiro atoms. The summed E-state index contributed by atoms with van der Waals surface area (Å²) in [7, 11) is 0. The molecule has 1 saturated carbocycles. The normalized spacial score (nSPS) is 24.2. The Kier molecular flexibility index (Phi) is 2.20. The fourth-order valence-electron chi connectivity index (χ4n) is 2.47. The Labute approximate surface area is 90.1 Å². The van der Waals surface area contributed by atoms with Crippen molar-refractivity contribution in [2.75, 3.05) is 6.54 Å². The first-order chi connectivity index (χ1) is 7.38. The lowest BCUT2D eigenvalue weighted by atomic mass is 10.0. The van der Waals surface area contributed by atoms with Crippen LogP contribution in [0.2, 0.25) is 0 Å². The van der Waals surface area contributed by atoms with Gasteiger partial charge in [-0.05, 0) is 44.2 Å². The van der Waals surface area contributed by atoms with Crippen LogP contribution in [-0.4, -0.2) is 16.5 Å². The molecule has 0 bridgehead atoms. The molecule has 0 radical (unpaired) electrons. The fourth-order valence-corrected chi connectivity index (χ4v) is 2.47. The average molecular weight is 203 g/mol. The van der Waals surface area contributed by atoms with Crippen LogP contribution in [0.25, 0.3) is 0 Å². The van der Waals surface area contributed by atoms with E-state index in [9.17, 15) is 0 Å². The first-order valence-corrected chi connectivity index (χ1v) is 5.94. The molecular formula is C12H17N3. The van der Waals surface area contributed by atoms with Crippen LogP contribution in [0.3, 0.4) is 0 Å². The van der Waals surface area contributed by atoms with Gasteiger partial charge in [-0.1, -0.05) is 0 Å². The van der Waals surface area contributed by atoms with Gasteiger partial charge in [-0.3, -0.25) is 0 Å². The Hall–Kier alpha value is -0.960. The van der Waals surface area contributed by atoms with Crippen LogP contribution in [-0.2, 0) is 6.42 Å². The third kappa shape index (κ3) is 1.65. The van der Waals surface area contributed by atoms with Gasteiger partial charge in [0.15, 0.2) is 0 Å². The smallest absolute Gasteiger partial charge is 0.131 e. The number of nitrogens with zero attached hydrogens (tertiary/aromatic N) is 2. The van der Waals surface area contributed by atoms with Crippen molar-refractivity contribution in [1.29, 1.82) is 0 Å². The predicted molar refractivity (Wildman–Crippen MR) is 58.7 cm³/mol. The summed E-state index contributed by atoms with van der Waals surface area (Å²) in [6.45, 7) is 0.771. The van der Waals surface area contributed by atoms with Crippen molar-refractivity contribution in [1.82, 2.24) is 9.97 Å². The fraction of sp³-hybridized carbons (Fsp3) is 0.667. The molecule has 1 fully saturated rings. The quantitative estimate of drug-likeness (QED) is 0.814. The van der Waals surface area contributed by atoms with E-state index in [1.165, 1.54) is 30.5 Å². The molecule has 3 heteroatoms. The summed E-state index contributed by atoms with van der Waals surface area (Å²) >= 11 is 0. The number of aryl methyl sites for hydroxylation is 1. The van der Waals surface area contributed by atoms with Gasteiger partial charge in [-0.15, -0.1) is 0 Å². The number of nitrogens with two attached hydrogens (primary N) is 1. The summed E-state index contributed by atoms with van der Waals surface area (Å²) in [5.74, 6) is 2.34. The second-order valence-corrected chi connectivity index (χ2v) is 4.73. The van der Waals surface area contributed by atoms with Gasteiger partial charge < -0.3 is 5.73 Å². The molecule has 1 aromatic rings. The van der Waals surface area contributed by atoms with Crippen molar-refractivity contribution in [2.24, 2.45) is 5.73 Å². The van der Waals surface area contributed by atoms with Gasteiger partial charge in [-0.25, -0.2) is 9.97 Å². The summed E-state index contributed by atoms with van der Waals surface area (Å²) in [5, 5.41) is 0. The second kappa shape index (κ2) is 3.56. The van der Waals surface area contributed by atoms with Gasteiger partial charge in [0.25, 0.3) is 0 Å². The van der Waals surface area contributed by atoms with E-state index in [0.29, 0.717) is 11.8 Å². The molecule has 0 aliphatic heterocycles. The lowest BCUT2D eigenvalue weighted by Crippen LogP contribution is -2.07. The number of aromatic nitrogens is 2. The van der Waals surface area contributed by atoms with E-state index in [4.69, 9.17) is 10.7 Å². The largest absolute Gasteiger partial charge is 0.330 e. The van der Waals surface area contributed by atoms with Gasteiger partial charge in [0, 0.05) is 18.0 Å². The standard InChI is InChI=1S/C12H17N3/c13-6-5-8-1-4-10-7-14-12(9-2-3-9)15-11(8)10/h7-9H,1-6,13H2. The van der Waals surface area contributed by atoms with Crippen molar-refractivity contribution in [3.8, 4) is 0 Å². The highest BCUT2D eigenvalue weighted by atomic mass is 14.9. The zero-order valence-electron chi connectivity index (χ0n) is 8.95. The monoisotopic (exact) mass is 203 g/mol. The van der Waals surface area contributed by atoms with Gasteiger partial charge in [0.1, 0.15) is 5.82 Å². The molecule has 15 heavy (non-hydrogen) atoms. The van der Waals surface area contributed by atoms with E-state index in [2.05, 4.69) is 4.98 Å².